The lowest BCUT2D eigenvalue weighted by Crippen LogP contribution is -2.59. The number of carbonyl (C=O) groups excluding carboxylic acids is 1. The number of nitrogens with one attached hydrogen (secondary N) is 3. The molecule has 0 aliphatic carbocycles. The molecule has 0 bridgehead atoms. The molecule has 0 radical (unpaired) electrons. The molecule has 1 aliphatic heterocycles. The smallest absolute Gasteiger partial charge is 0.238 e. The Labute approximate surface area is 105 Å². The van der Waals surface area contributed by atoms with E-state index < -0.39 is 0 Å². The summed E-state index contributed by atoms with van der Waals surface area (Å²) >= 11 is 0. The second-order valence-electron chi connectivity index (χ2n) is 5.65. The first-order chi connectivity index (χ1) is 7.99. The van der Waals surface area contributed by atoms with Gasteiger partial charge in [-0.2, -0.15) is 0 Å². The molecule has 1 fully saturated rings. The van der Waals surface area contributed by atoms with Gasteiger partial charge >= 0.3 is 0 Å². The van der Waals surface area contributed by atoms with Crippen LogP contribution < -0.4 is 16.0 Å². The number of rotatable bonds is 5. The fraction of sp³-hybridized carbons (Fsp3) is 0.923. The van der Waals surface area contributed by atoms with E-state index in [1.54, 1.807) is 0 Å². The summed E-state index contributed by atoms with van der Waals surface area (Å²) in [6, 6.07) is 0.649. The molecule has 17 heavy (non-hydrogen) atoms. The van der Waals surface area contributed by atoms with Crippen LogP contribution in [0.4, 0.5) is 0 Å². The Hall–Kier alpha value is -0.610. The minimum atomic E-state index is -0.0762. The molecule has 1 rings (SSSR count). The van der Waals surface area contributed by atoms with Crippen LogP contribution in [0.2, 0.25) is 0 Å². The lowest BCUT2D eigenvalue weighted by atomic mass is 10.0. The van der Waals surface area contributed by atoms with Crippen molar-refractivity contribution < 1.29 is 4.79 Å². The summed E-state index contributed by atoms with van der Waals surface area (Å²) in [6.07, 6.45) is 2.22. The standard InChI is InChI=1S/C13H27N3O/c1-9(2)5-6-10(3)16-13(17)12-8-14-11(4)7-15-12/h9-12,14-15H,5-8H2,1-4H3,(H,16,17). The van der Waals surface area contributed by atoms with Crippen LogP contribution >= 0.6 is 0 Å². The van der Waals surface area contributed by atoms with Crippen molar-refractivity contribution in [1.82, 2.24) is 16.0 Å². The van der Waals surface area contributed by atoms with Gasteiger partial charge in [0.05, 0.1) is 6.04 Å². The zero-order chi connectivity index (χ0) is 12.8. The summed E-state index contributed by atoms with van der Waals surface area (Å²) in [5.41, 5.74) is 0. The summed E-state index contributed by atoms with van der Waals surface area (Å²) < 4.78 is 0. The highest BCUT2D eigenvalue weighted by Crippen LogP contribution is 2.06. The molecule has 0 aromatic carbocycles. The zero-order valence-electron chi connectivity index (χ0n) is 11.5. The van der Waals surface area contributed by atoms with E-state index >= 15 is 0 Å². The van der Waals surface area contributed by atoms with Crippen LogP contribution in [-0.2, 0) is 4.79 Å². The molecule has 4 heteroatoms. The van der Waals surface area contributed by atoms with Crippen molar-refractivity contribution in [3.8, 4) is 0 Å². The molecule has 100 valence electrons. The Morgan fingerprint density at radius 3 is 2.47 bits per heavy atom. The molecule has 0 aromatic rings. The molecule has 1 heterocycles. The molecule has 1 amide bonds. The molecule has 4 nitrogen and oxygen atoms in total. The molecule has 1 aliphatic rings. The van der Waals surface area contributed by atoms with Crippen molar-refractivity contribution in [1.29, 1.82) is 0 Å². The van der Waals surface area contributed by atoms with E-state index in [-0.39, 0.29) is 18.0 Å². The van der Waals surface area contributed by atoms with E-state index in [9.17, 15) is 4.79 Å². The van der Waals surface area contributed by atoms with Crippen molar-refractivity contribution in [3.05, 3.63) is 0 Å². The van der Waals surface area contributed by atoms with Gasteiger partial charge in [-0.05, 0) is 32.6 Å². The first kappa shape index (κ1) is 14.5. The first-order valence-electron chi connectivity index (χ1n) is 6.76. The van der Waals surface area contributed by atoms with E-state index in [4.69, 9.17) is 0 Å². The molecule has 1 saturated heterocycles. The largest absolute Gasteiger partial charge is 0.352 e. The summed E-state index contributed by atoms with van der Waals surface area (Å²) in [5, 5.41) is 9.66. The zero-order valence-corrected chi connectivity index (χ0v) is 11.5. The number of hydrogen-bond acceptors (Lipinski definition) is 3. The summed E-state index contributed by atoms with van der Waals surface area (Å²) in [4.78, 5) is 11.9. The predicted octanol–water partition coefficient (Wildman–Crippen LogP) is 0.877. The van der Waals surface area contributed by atoms with Gasteiger partial charge in [0.2, 0.25) is 5.91 Å². The summed E-state index contributed by atoms with van der Waals surface area (Å²) in [5.74, 6) is 0.824. The molecule has 0 aromatic heterocycles. The van der Waals surface area contributed by atoms with Crippen molar-refractivity contribution >= 4 is 5.91 Å². The Bertz CT molecular complexity index is 235. The van der Waals surface area contributed by atoms with Gasteiger partial charge in [0, 0.05) is 25.2 Å². The average Bonchev–Trinajstić information content (AvgIpc) is 2.27. The monoisotopic (exact) mass is 241 g/mol. The van der Waals surface area contributed by atoms with Crippen LogP contribution in [0.3, 0.4) is 0 Å². The van der Waals surface area contributed by atoms with Crippen LogP contribution in [0, 0.1) is 5.92 Å². The minimum absolute atomic E-state index is 0.0762. The molecular weight excluding hydrogens is 214 g/mol. The Morgan fingerprint density at radius 2 is 1.94 bits per heavy atom. The number of hydrogen-bond donors (Lipinski definition) is 3. The highest BCUT2D eigenvalue weighted by Gasteiger charge is 2.23. The van der Waals surface area contributed by atoms with Gasteiger partial charge < -0.3 is 16.0 Å². The second kappa shape index (κ2) is 6.97. The van der Waals surface area contributed by atoms with E-state index in [1.165, 1.54) is 0 Å². The molecule has 3 unspecified atom stereocenters. The summed E-state index contributed by atoms with van der Waals surface area (Å²) in [6.45, 7) is 10.2. The van der Waals surface area contributed by atoms with Crippen LogP contribution in [-0.4, -0.2) is 37.1 Å². The lowest BCUT2D eigenvalue weighted by molar-refractivity contribution is -0.124. The van der Waals surface area contributed by atoms with Crippen molar-refractivity contribution in [2.45, 2.75) is 58.7 Å². The highest BCUT2D eigenvalue weighted by atomic mass is 16.2. The average molecular weight is 241 g/mol. The van der Waals surface area contributed by atoms with Gasteiger partial charge in [0.15, 0.2) is 0 Å². The van der Waals surface area contributed by atoms with Crippen LogP contribution in [0.1, 0.15) is 40.5 Å². The maximum atomic E-state index is 11.9. The normalized spacial score (nSPS) is 26.9. The Morgan fingerprint density at radius 1 is 1.24 bits per heavy atom. The van der Waals surface area contributed by atoms with Crippen LogP contribution in [0.15, 0.2) is 0 Å². The van der Waals surface area contributed by atoms with Crippen molar-refractivity contribution in [3.63, 3.8) is 0 Å². The van der Waals surface area contributed by atoms with Crippen molar-refractivity contribution in [2.75, 3.05) is 13.1 Å². The van der Waals surface area contributed by atoms with E-state index in [2.05, 4.69) is 43.6 Å². The Kier molecular flexibility index (Phi) is 5.92. The molecule has 0 spiro atoms. The number of amides is 1. The Balaban J connectivity index is 2.23. The summed E-state index contributed by atoms with van der Waals surface area (Å²) in [7, 11) is 0. The van der Waals surface area contributed by atoms with E-state index in [0.717, 1.165) is 25.9 Å². The maximum Gasteiger partial charge on any atom is 0.238 e. The SMILES string of the molecule is CC(C)CCC(C)NC(=O)C1CNC(C)CN1. The number of carbonyl (C=O) groups is 1. The van der Waals surface area contributed by atoms with Gasteiger partial charge in [0.25, 0.3) is 0 Å². The van der Waals surface area contributed by atoms with Gasteiger partial charge in [-0.25, -0.2) is 0 Å². The second-order valence-corrected chi connectivity index (χ2v) is 5.65. The third kappa shape index (κ3) is 5.50. The number of piperazine rings is 1. The minimum Gasteiger partial charge on any atom is -0.352 e. The van der Waals surface area contributed by atoms with Crippen LogP contribution in [0.25, 0.3) is 0 Å². The third-order valence-corrected chi connectivity index (χ3v) is 3.22. The predicted molar refractivity (Wildman–Crippen MR) is 70.9 cm³/mol. The van der Waals surface area contributed by atoms with Gasteiger partial charge in [-0.3, -0.25) is 4.79 Å². The fourth-order valence-corrected chi connectivity index (χ4v) is 1.97. The lowest BCUT2D eigenvalue weighted by Gasteiger charge is -2.29. The molecular formula is C13H27N3O. The molecule has 3 atom stereocenters. The molecule has 3 N–H and O–H groups in total. The van der Waals surface area contributed by atoms with Gasteiger partial charge in [-0.1, -0.05) is 13.8 Å². The quantitative estimate of drug-likeness (QED) is 0.670. The van der Waals surface area contributed by atoms with Gasteiger partial charge in [-0.15, -0.1) is 0 Å². The van der Waals surface area contributed by atoms with E-state index in [0.29, 0.717) is 12.0 Å². The van der Waals surface area contributed by atoms with E-state index in [1.807, 2.05) is 0 Å². The van der Waals surface area contributed by atoms with Crippen molar-refractivity contribution in [2.24, 2.45) is 5.92 Å². The maximum absolute atomic E-state index is 11.9. The third-order valence-electron chi connectivity index (χ3n) is 3.22. The van der Waals surface area contributed by atoms with Gasteiger partial charge in [0.1, 0.15) is 0 Å². The fourth-order valence-electron chi connectivity index (χ4n) is 1.97. The molecule has 0 saturated carbocycles. The first-order valence-corrected chi connectivity index (χ1v) is 6.76. The topological polar surface area (TPSA) is 53.2 Å². The van der Waals surface area contributed by atoms with Crippen LogP contribution in [0.5, 0.6) is 0 Å². The highest BCUT2D eigenvalue weighted by molar-refractivity contribution is 5.82.